The van der Waals surface area contributed by atoms with Crippen LogP contribution in [0.2, 0.25) is 0 Å². The fourth-order valence-corrected chi connectivity index (χ4v) is 2.17. The van der Waals surface area contributed by atoms with Crippen molar-refractivity contribution in [3.63, 3.8) is 0 Å². The number of aryl methyl sites for hydroxylation is 1. The highest BCUT2D eigenvalue weighted by molar-refractivity contribution is 5.48. The van der Waals surface area contributed by atoms with Crippen molar-refractivity contribution in [3.05, 3.63) is 29.8 Å². The maximum absolute atomic E-state index is 3.34. The van der Waals surface area contributed by atoms with Crippen molar-refractivity contribution in [1.82, 2.24) is 5.32 Å². The van der Waals surface area contributed by atoms with Gasteiger partial charge in [0.2, 0.25) is 0 Å². The summed E-state index contributed by atoms with van der Waals surface area (Å²) >= 11 is 0. The molecule has 0 radical (unpaired) electrons. The van der Waals surface area contributed by atoms with E-state index in [2.05, 4.69) is 41.4 Å². The van der Waals surface area contributed by atoms with Crippen LogP contribution in [-0.2, 0) is 6.42 Å². The molecule has 0 saturated carbocycles. The lowest BCUT2D eigenvalue weighted by Crippen LogP contribution is -2.29. The lowest BCUT2D eigenvalue weighted by atomic mass is 10.1. The molecule has 2 nitrogen and oxygen atoms in total. The van der Waals surface area contributed by atoms with Gasteiger partial charge in [-0.25, -0.2) is 0 Å². The van der Waals surface area contributed by atoms with E-state index < -0.39 is 0 Å². The van der Waals surface area contributed by atoms with E-state index in [1.165, 1.54) is 24.2 Å². The van der Waals surface area contributed by atoms with Crippen LogP contribution in [0, 0.1) is 0 Å². The maximum atomic E-state index is 3.34. The first-order chi connectivity index (χ1) is 7.33. The number of likely N-dealkylation sites (N-methyl/N-ethyl adjacent to an activating group) is 1. The third kappa shape index (κ3) is 2.32. The average molecular weight is 204 g/mol. The van der Waals surface area contributed by atoms with Gasteiger partial charge in [-0.05, 0) is 37.6 Å². The summed E-state index contributed by atoms with van der Waals surface area (Å²) in [7, 11) is 2.05. The van der Waals surface area contributed by atoms with Gasteiger partial charge in [-0.2, -0.15) is 0 Å². The van der Waals surface area contributed by atoms with Crippen LogP contribution in [0.15, 0.2) is 24.3 Å². The van der Waals surface area contributed by atoms with Crippen molar-refractivity contribution in [3.8, 4) is 0 Å². The van der Waals surface area contributed by atoms with E-state index in [0.29, 0.717) is 6.04 Å². The Morgan fingerprint density at radius 1 is 1.33 bits per heavy atom. The van der Waals surface area contributed by atoms with Gasteiger partial charge in [0.1, 0.15) is 0 Å². The van der Waals surface area contributed by atoms with Gasteiger partial charge in [0.15, 0.2) is 0 Å². The normalized spacial score (nSPS) is 20.9. The minimum absolute atomic E-state index is 0.663. The summed E-state index contributed by atoms with van der Waals surface area (Å²) in [5, 5.41) is 3.34. The zero-order valence-electron chi connectivity index (χ0n) is 9.66. The van der Waals surface area contributed by atoms with Gasteiger partial charge in [0.05, 0.1) is 0 Å². The molecule has 1 aromatic carbocycles. The van der Waals surface area contributed by atoms with E-state index in [-0.39, 0.29) is 0 Å². The van der Waals surface area contributed by atoms with E-state index in [1.807, 2.05) is 7.05 Å². The standard InChI is InChI=1S/C13H20N2/c1-3-11-4-6-13(7-5-11)15-9-8-12(10-15)14-2/h4-7,12,14H,3,8-10H2,1-2H3/t12-/m1/s1. The van der Waals surface area contributed by atoms with Crippen molar-refractivity contribution in [2.75, 3.05) is 25.0 Å². The van der Waals surface area contributed by atoms with Crippen LogP contribution < -0.4 is 10.2 Å². The highest BCUT2D eigenvalue weighted by Crippen LogP contribution is 2.20. The van der Waals surface area contributed by atoms with Gasteiger partial charge in [-0.1, -0.05) is 19.1 Å². The van der Waals surface area contributed by atoms with Crippen molar-refractivity contribution >= 4 is 5.69 Å². The molecule has 82 valence electrons. The molecule has 0 spiro atoms. The Morgan fingerprint density at radius 2 is 2.07 bits per heavy atom. The first-order valence-electron chi connectivity index (χ1n) is 5.84. The summed E-state index contributed by atoms with van der Waals surface area (Å²) in [4.78, 5) is 2.46. The Balaban J connectivity index is 2.04. The van der Waals surface area contributed by atoms with Gasteiger partial charge >= 0.3 is 0 Å². The number of nitrogens with zero attached hydrogens (tertiary/aromatic N) is 1. The Morgan fingerprint density at radius 3 is 2.60 bits per heavy atom. The average Bonchev–Trinajstić information content (AvgIpc) is 2.78. The zero-order chi connectivity index (χ0) is 10.7. The van der Waals surface area contributed by atoms with E-state index >= 15 is 0 Å². The summed E-state index contributed by atoms with van der Waals surface area (Å²) in [5.41, 5.74) is 2.79. The highest BCUT2D eigenvalue weighted by atomic mass is 15.2. The minimum atomic E-state index is 0.663. The smallest absolute Gasteiger partial charge is 0.0366 e. The molecule has 1 heterocycles. The van der Waals surface area contributed by atoms with E-state index in [0.717, 1.165) is 13.0 Å². The first-order valence-corrected chi connectivity index (χ1v) is 5.84. The molecule has 1 saturated heterocycles. The van der Waals surface area contributed by atoms with E-state index in [1.54, 1.807) is 0 Å². The van der Waals surface area contributed by atoms with Gasteiger partial charge in [0.25, 0.3) is 0 Å². The van der Waals surface area contributed by atoms with E-state index in [9.17, 15) is 0 Å². The molecule has 1 atom stereocenters. The second-order valence-corrected chi connectivity index (χ2v) is 4.24. The molecule has 0 bridgehead atoms. The molecule has 0 amide bonds. The first kappa shape index (κ1) is 10.5. The molecule has 0 aromatic heterocycles. The summed E-state index contributed by atoms with van der Waals surface area (Å²) < 4.78 is 0. The predicted molar refractivity (Wildman–Crippen MR) is 65.5 cm³/mol. The van der Waals surface area contributed by atoms with Crippen LogP contribution in [0.3, 0.4) is 0 Å². The third-order valence-electron chi connectivity index (χ3n) is 3.31. The molecule has 1 fully saturated rings. The fourth-order valence-electron chi connectivity index (χ4n) is 2.17. The Bertz CT molecular complexity index is 305. The molecule has 1 aliphatic rings. The van der Waals surface area contributed by atoms with Gasteiger partial charge in [0, 0.05) is 24.8 Å². The molecule has 1 aromatic rings. The Kier molecular flexibility index (Phi) is 3.27. The molecular weight excluding hydrogens is 184 g/mol. The third-order valence-corrected chi connectivity index (χ3v) is 3.31. The molecular formula is C13H20N2. The fraction of sp³-hybridized carbons (Fsp3) is 0.538. The maximum Gasteiger partial charge on any atom is 0.0366 e. The largest absolute Gasteiger partial charge is 0.370 e. The van der Waals surface area contributed by atoms with Gasteiger partial charge in [-0.3, -0.25) is 0 Å². The Hall–Kier alpha value is -1.02. The van der Waals surface area contributed by atoms with Crippen LogP contribution in [-0.4, -0.2) is 26.2 Å². The molecule has 0 unspecified atom stereocenters. The molecule has 15 heavy (non-hydrogen) atoms. The van der Waals surface area contributed by atoms with Crippen LogP contribution in [0.4, 0.5) is 5.69 Å². The van der Waals surface area contributed by atoms with Crippen LogP contribution in [0.1, 0.15) is 18.9 Å². The van der Waals surface area contributed by atoms with E-state index in [4.69, 9.17) is 0 Å². The summed E-state index contributed by atoms with van der Waals surface area (Å²) in [6.07, 6.45) is 2.38. The molecule has 2 heteroatoms. The second-order valence-electron chi connectivity index (χ2n) is 4.24. The summed E-state index contributed by atoms with van der Waals surface area (Å²) in [6, 6.07) is 9.63. The Labute approximate surface area is 92.3 Å². The van der Waals surface area contributed by atoms with Crippen molar-refractivity contribution in [1.29, 1.82) is 0 Å². The van der Waals surface area contributed by atoms with Gasteiger partial charge in [-0.15, -0.1) is 0 Å². The van der Waals surface area contributed by atoms with Crippen LogP contribution in [0.5, 0.6) is 0 Å². The van der Waals surface area contributed by atoms with Crippen molar-refractivity contribution in [2.24, 2.45) is 0 Å². The molecule has 1 aliphatic heterocycles. The van der Waals surface area contributed by atoms with Crippen molar-refractivity contribution < 1.29 is 0 Å². The summed E-state index contributed by atoms with van der Waals surface area (Å²) in [6.45, 7) is 4.51. The van der Waals surface area contributed by atoms with Gasteiger partial charge < -0.3 is 10.2 Å². The zero-order valence-corrected chi connectivity index (χ0v) is 9.66. The summed E-state index contributed by atoms with van der Waals surface area (Å²) in [5.74, 6) is 0. The number of benzene rings is 1. The number of hydrogen-bond donors (Lipinski definition) is 1. The van der Waals surface area contributed by atoms with Crippen LogP contribution in [0.25, 0.3) is 0 Å². The number of nitrogens with one attached hydrogen (secondary N) is 1. The number of hydrogen-bond acceptors (Lipinski definition) is 2. The SMILES string of the molecule is CCc1ccc(N2CC[C@@H](NC)C2)cc1. The molecule has 1 N–H and O–H groups in total. The predicted octanol–water partition coefficient (Wildman–Crippen LogP) is 2.05. The minimum Gasteiger partial charge on any atom is -0.370 e. The number of rotatable bonds is 3. The lowest BCUT2D eigenvalue weighted by Gasteiger charge is -2.18. The molecule has 2 rings (SSSR count). The lowest BCUT2D eigenvalue weighted by molar-refractivity contribution is 0.617. The topological polar surface area (TPSA) is 15.3 Å². The number of anilines is 1. The second kappa shape index (κ2) is 4.67. The monoisotopic (exact) mass is 204 g/mol. The molecule has 0 aliphatic carbocycles. The highest BCUT2D eigenvalue weighted by Gasteiger charge is 2.20. The van der Waals surface area contributed by atoms with Crippen LogP contribution >= 0.6 is 0 Å². The quantitative estimate of drug-likeness (QED) is 0.810. The van der Waals surface area contributed by atoms with Crippen molar-refractivity contribution in [2.45, 2.75) is 25.8 Å².